The summed E-state index contributed by atoms with van der Waals surface area (Å²) in [5.74, 6) is -0.0352. The van der Waals surface area contributed by atoms with E-state index in [9.17, 15) is 0 Å². The van der Waals surface area contributed by atoms with Crippen LogP contribution in [0.15, 0.2) is 51.9 Å². The van der Waals surface area contributed by atoms with Crippen LogP contribution in [0.2, 0.25) is 5.02 Å². The van der Waals surface area contributed by atoms with Crippen molar-refractivity contribution in [1.29, 1.82) is 0 Å². The Kier molecular flexibility index (Phi) is 4.01. The summed E-state index contributed by atoms with van der Waals surface area (Å²) in [6.45, 7) is 0. The zero-order valence-corrected chi connectivity index (χ0v) is 10.7. The maximum absolute atomic E-state index is 8.77. The Morgan fingerprint density at radius 1 is 1.39 bits per heavy atom. The van der Waals surface area contributed by atoms with Crippen molar-refractivity contribution in [3.05, 3.63) is 47.4 Å². The number of hydrogen-bond donors (Lipinski definition) is 2. The second-order valence-corrected chi connectivity index (χ2v) is 4.71. The number of nitrogens with two attached hydrogens (primary N) is 1. The molecule has 1 heterocycles. The smallest absolute Gasteiger partial charge is 0.172 e. The Bertz CT molecular complexity index is 577. The van der Waals surface area contributed by atoms with Crippen LogP contribution >= 0.6 is 23.4 Å². The largest absolute Gasteiger partial charge is 0.409 e. The van der Waals surface area contributed by atoms with Gasteiger partial charge in [0.25, 0.3) is 0 Å². The SMILES string of the molecule is NC(=NO)c1c(Cl)cccc1Sc1cnccn1. The first kappa shape index (κ1) is 12.7. The van der Waals surface area contributed by atoms with E-state index in [1.54, 1.807) is 30.7 Å². The van der Waals surface area contributed by atoms with Gasteiger partial charge in [-0.05, 0) is 12.1 Å². The lowest BCUT2D eigenvalue weighted by molar-refractivity contribution is 0.318. The van der Waals surface area contributed by atoms with Gasteiger partial charge in [-0.3, -0.25) is 4.98 Å². The minimum atomic E-state index is -0.0352. The van der Waals surface area contributed by atoms with Gasteiger partial charge in [0.15, 0.2) is 5.84 Å². The highest BCUT2D eigenvalue weighted by molar-refractivity contribution is 7.99. The number of halogens is 1. The molecule has 0 saturated carbocycles. The summed E-state index contributed by atoms with van der Waals surface area (Å²) >= 11 is 7.39. The highest BCUT2D eigenvalue weighted by Gasteiger charge is 2.13. The first-order valence-corrected chi connectivity index (χ1v) is 6.12. The molecular formula is C11H9ClN4OS. The van der Waals surface area contributed by atoms with Gasteiger partial charge in [-0.15, -0.1) is 0 Å². The predicted molar refractivity (Wildman–Crippen MR) is 70.1 cm³/mol. The molecule has 0 bridgehead atoms. The van der Waals surface area contributed by atoms with Gasteiger partial charge in [0.1, 0.15) is 5.03 Å². The van der Waals surface area contributed by atoms with Gasteiger partial charge >= 0.3 is 0 Å². The average Bonchev–Trinajstić information content (AvgIpc) is 2.39. The third-order valence-corrected chi connectivity index (χ3v) is 3.39. The van der Waals surface area contributed by atoms with Crippen molar-refractivity contribution in [1.82, 2.24) is 9.97 Å². The maximum Gasteiger partial charge on any atom is 0.172 e. The zero-order valence-electron chi connectivity index (χ0n) is 9.12. The van der Waals surface area contributed by atoms with Crippen molar-refractivity contribution < 1.29 is 5.21 Å². The zero-order chi connectivity index (χ0) is 13.0. The summed E-state index contributed by atoms with van der Waals surface area (Å²) in [5, 5.41) is 12.9. The summed E-state index contributed by atoms with van der Waals surface area (Å²) in [6.07, 6.45) is 4.81. The summed E-state index contributed by atoms with van der Waals surface area (Å²) in [7, 11) is 0. The Morgan fingerprint density at radius 3 is 2.89 bits per heavy atom. The Balaban J connectivity index is 2.42. The highest BCUT2D eigenvalue weighted by atomic mass is 35.5. The van der Waals surface area contributed by atoms with Crippen molar-refractivity contribution in [2.45, 2.75) is 9.92 Å². The lowest BCUT2D eigenvalue weighted by Crippen LogP contribution is -2.14. The van der Waals surface area contributed by atoms with Crippen molar-refractivity contribution in [3.63, 3.8) is 0 Å². The molecule has 0 aliphatic rings. The van der Waals surface area contributed by atoms with Crippen molar-refractivity contribution in [3.8, 4) is 0 Å². The molecule has 0 amide bonds. The first-order valence-electron chi connectivity index (χ1n) is 4.92. The molecule has 0 spiro atoms. The molecule has 0 unspecified atom stereocenters. The van der Waals surface area contributed by atoms with Crippen LogP contribution < -0.4 is 5.73 Å². The molecule has 18 heavy (non-hydrogen) atoms. The van der Waals surface area contributed by atoms with E-state index in [1.807, 2.05) is 6.07 Å². The van der Waals surface area contributed by atoms with Crippen molar-refractivity contribution in [2.24, 2.45) is 10.9 Å². The van der Waals surface area contributed by atoms with Gasteiger partial charge in [-0.1, -0.05) is 34.6 Å². The fourth-order valence-corrected chi connectivity index (χ4v) is 2.58. The fraction of sp³-hybridized carbons (Fsp3) is 0. The van der Waals surface area contributed by atoms with Crippen LogP contribution in [-0.2, 0) is 0 Å². The maximum atomic E-state index is 8.77. The van der Waals surface area contributed by atoms with E-state index in [4.69, 9.17) is 22.5 Å². The van der Waals surface area contributed by atoms with Crippen LogP contribution in [0.25, 0.3) is 0 Å². The standard InChI is InChI=1S/C11H9ClN4OS/c12-7-2-1-3-8(10(7)11(13)16-17)18-9-6-14-4-5-15-9/h1-6,17H,(H2,13,16). The van der Waals surface area contributed by atoms with E-state index in [-0.39, 0.29) is 5.84 Å². The van der Waals surface area contributed by atoms with E-state index in [0.717, 1.165) is 4.90 Å². The molecule has 0 aliphatic carbocycles. The molecule has 1 aromatic carbocycles. The molecule has 1 aromatic heterocycles. The van der Waals surface area contributed by atoms with Gasteiger partial charge in [-0.2, -0.15) is 0 Å². The number of hydrogen-bond acceptors (Lipinski definition) is 5. The Morgan fingerprint density at radius 2 is 2.22 bits per heavy atom. The van der Waals surface area contributed by atoms with E-state index >= 15 is 0 Å². The van der Waals surface area contributed by atoms with Crippen LogP contribution in [0.1, 0.15) is 5.56 Å². The van der Waals surface area contributed by atoms with Crippen LogP contribution in [0.4, 0.5) is 0 Å². The van der Waals surface area contributed by atoms with Gasteiger partial charge in [0.2, 0.25) is 0 Å². The molecule has 0 aliphatic heterocycles. The lowest BCUT2D eigenvalue weighted by Gasteiger charge is -2.08. The summed E-state index contributed by atoms with van der Waals surface area (Å²) in [5.41, 5.74) is 6.10. The molecule has 0 fully saturated rings. The third kappa shape index (κ3) is 2.72. The normalized spacial score (nSPS) is 11.5. The minimum Gasteiger partial charge on any atom is -0.409 e. The fourth-order valence-electron chi connectivity index (χ4n) is 1.34. The van der Waals surface area contributed by atoms with Gasteiger partial charge < -0.3 is 10.9 Å². The molecule has 2 rings (SSSR count). The Hall–Kier alpha value is -1.79. The van der Waals surface area contributed by atoms with Crippen LogP contribution in [0.5, 0.6) is 0 Å². The van der Waals surface area contributed by atoms with Crippen LogP contribution in [-0.4, -0.2) is 21.0 Å². The molecule has 7 heteroatoms. The monoisotopic (exact) mass is 280 g/mol. The number of nitrogens with zero attached hydrogens (tertiary/aromatic N) is 3. The highest BCUT2D eigenvalue weighted by Crippen LogP contribution is 2.32. The molecular weight excluding hydrogens is 272 g/mol. The molecule has 0 saturated heterocycles. The van der Waals surface area contributed by atoms with Crippen LogP contribution in [0, 0.1) is 0 Å². The number of rotatable bonds is 3. The third-order valence-electron chi connectivity index (χ3n) is 2.09. The number of benzene rings is 1. The Labute approximate surface area is 113 Å². The predicted octanol–water partition coefficient (Wildman–Crippen LogP) is 2.38. The van der Waals surface area contributed by atoms with E-state index in [2.05, 4.69) is 15.1 Å². The number of aromatic nitrogens is 2. The second-order valence-electron chi connectivity index (χ2n) is 3.24. The molecule has 3 N–H and O–H groups in total. The molecule has 2 aromatic rings. The molecule has 0 atom stereocenters. The summed E-state index contributed by atoms with van der Waals surface area (Å²) in [6, 6.07) is 5.28. The minimum absolute atomic E-state index is 0.0352. The van der Waals surface area contributed by atoms with Gasteiger partial charge in [-0.25, -0.2) is 4.98 Å². The average molecular weight is 281 g/mol. The molecule has 0 radical (unpaired) electrons. The molecule has 92 valence electrons. The molecule has 5 nitrogen and oxygen atoms in total. The van der Waals surface area contributed by atoms with Gasteiger partial charge in [0, 0.05) is 17.3 Å². The summed E-state index contributed by atoms with van der Waals surface area (Å²) in [4.78, 5) is 8.86. The quantitative estimate of drug-likeness (QED) is 0.390. The number of amidine groups is 1. The number of oxime groups is 1. The first-order chi connectivity index (χ1) is 8.72. The second kappa shape index (κ2) is 5.70. The van der Waals surface area contributed by atoms with Crippen molar-refractivity contribution >= 4 is 29.2 Å². The lowest BCUT2D eigenvalue weighted by atomic mass is 10.2. The van der Waals surface area contributed by atoms with Crippen molar-refractivity contribution in [2.75, 3.05) is 0 Å². The van der Waals surface area contributed by atoms with E-state index in [1.165, 1.54) is 11.8 Å². The topological polar surface area (TPSA) is 84.4 Å². The van der Waals surface area contributed by atoms with E-state index < -0.39 is 0 Å². The van der Waals surface area contributed by atoms with E-state index in [0.29, 0.717) is 15.6 Å². The summed E-state index contributed by atoms with van der Waals surface area (Å²) < 4.78 is 0. The van der Waals surface area contributed by atoms with Crippen LogP contribution in [0.3, 0.4) is 0 Å². The van der Waals surface area contributed by atoms with Gasteiger partial charge in [0.05, 0.1) is 16.8 Å².